The summed E-state index contributed by atoms with van der Waals surface area (Å²) in [5, 5.41) is 4.64. The van der Waals surface area contributed by atoms with E-state index in [4.69, 9.17) is 0 Å². The molecule has 2 aromatic heterocycles. The van der Waals surface area contributed by atoms with Gasteiger partial charge in [-0.2, -0.15) is 5.10 Å². The van der Waals surface area contributed by atoms with Crippen molar-refractivity contribution in [3.05, 3.63) is 49.7 Å². The minimum absolute atomic E-state index is 0.0401. The number of aromatic nitrogens is 3. The third-order valence-corrected chi connectivity index (χ3v) is 5.09. The Morgan fingerprint density at radius 3 is 2.90 bits per heavy atom. The predicted molar refractivity (Wildman–Crippen MR) is 87.0 cm³/mol. The van der Waals surface area contributed by atoms with Crippen LogP contribution in [0.15, 0.2) is 29.3 Å². The Morgan fingerprint density at radius 2 is 2.15 bits per heavy atom. The maximum Gasteiger partial charge on any atom is 0.251 e. The van der Waals surface area contributed by atoms with E-state index in [-0.39, 0.29) is 5.56 Å². The van der Waals surface area contributed by atoms with Crippen molar-refractivity contribution in [2.75, 3.05) is 0 Å². The molecule has 0 N–H and O–H groups in total. The van der Waals surface area contributed by atoms with Crippen molar-refractivity contribution in [3.8, 4) is 0 Å². The van der Waals surface area contributed by atoms with Crippen LogP contribution in [0.1, 0.15) is 43.0 Å². The van der Waals surface area contributed by atoms with Crippen LogP contribution in [0.3, 0.4) is 0 Å². The maximum absolute atomic E-state index is 12.0. The summed E-state index contributed by atoms with van der Waals surface area (Å²) in [5.41, 5.74) is 2.03. The first kappa shape index (κ1) is 13.9. The first-order valence-electron chi connectivity index (χ1n) is 7.04. The molecule has 5 heteroatoms. The smallest absolute Gasteiger partial charge is 0.251 e. The molecule has 0 aliphatic heterocycles. The molecular formula is C15H18IN3O. The molecule has 106 valence electrons. The number of nitrogens with zero attached hydrogens (tertiary/aromatic N) is 3. The number of hydrogen-bond acceptors (Lipinski definition) is 2. The molecule has 1 saturated carbocycles. The van der Waals surface area contributed by atoms with Crippen LogP contribution in [-0.2, 0) is 6.54 Å². The fraction of sp³-hybridized carbons (Fsp3) is 0.467. The normalized spacial score (nSPS) is 15.9. The average molecular weight is 383 g/mol. The Hall–Kier alpha value is -1.11. The maximum atomic E-state index is 12.0. The molecule has 20 heavy (non-hydrogen) atoms. The van der Waals surface area contributed by atoms with Crippen LogP contribution in [0.4, 0.5) is 0 Å². The van der Waals surface area contributed by atoms with E-state index >= 15 is 0 Å². The van der Waals surface area contributed by atoms with E-state index in [1.165, 1.54) is 25.7 Å². The number of hydrogen-bond donors (Lipinski definition) is 0. The van der Waals surface area contributed by atoms with Crippen molar-refractivity contribution in [2.45, 2.75) is 45.2 Å². The Labute approximate surface area is 131 Å². The van der Waals surface area contributed by atoms with Crippen molar-refractivity contribution in [3.63, 3.8) is 0 Å². The molecule has 0 spiro atoms. The van der Waals surface area contributed by atoms with Gasteiger partial charge in [-0.25, -0.2) is 0 Å². The molecule has 0 saturated heterocycles. The quantitative estimate of drug-likeness (QED) is 0.765. The van der Waals surface area contributed by atoms with E-state index in [1.807, 2.05) is 19.2 Å². The molecule has 3 rings (SSSR count). The van der Waals surface area contributed by atoms with Gasteiger partial charge in [-0.3, -0.25) is 9.48 Å². The van der Waals surface area contributed by atoms with E-state index in [1.54, 1.807) is 10.6 Å². The minimum atomic E-state index is 0.0401. The van der Waals surface area contributed by atoms with Crippen molar-refractivity contribution >= 4 is 22.6 Å². The molecule has 0 aromatic carbocycles. The molecule has 1 fully saturated rings. The van der Waals surface area contributed by atoms with Gasteiger partial charge in [-0.05, 0) is 54.0 Å². The third-order valence-electron chi connectivity index (χ3n) is 3.96. The monoisotopic (exact) mass is 383 g/mol. The average Bonchev–Trinajstić information content (AvgIpc) is 3.06. The Balaban J connectivity index is 1.81. The zero-order valence-corrected chi connectivity index (χ0v) is 13.7. The van der Waals surface area contributed by atoms with Crippen molar-refractivity contribution < 1.29 is 0 Å². The van der Waals surface area contributed by atoms with E-state index in [0.717, 1.165) is 14.8 Å². The molecule has 2 heterocycles. The van der Waals surface area contributed by atoms with Gasteiger partial charge in [-0.1, -0.05) is 12.8 Å². The lowest BCUT2D eigenvalue weighted by Crippen LogP contribution is -2.21. The lowest BCUT2D eigenvalue weighted by molar-refractivity contribution is 0.461. The van der Waals surface area contributed by atoms with Crippen LogP contribution in [0, 0.1) is 10.5 Å². The molecule has 0 radical (unpaired) electrons. The van der Waals surface area contributed by atoms with Gasteiger partial charge in [0, 0.05) is 22.0 Å². The minimum Gasteiger partial charge on any atom is -0.308 e. The fourth-order valence-electron chi connectivity index (χ4n) is 2.77. The van der Waals surface area contributed by atoms with Gasteiger partial charge in [0.25, 0.3) is 5.56 Å². The number of pyridine rings is 1. The number of halogens is 1. The van der Waals surface area contributed by atoms with Crippen molar-refractivity contribution in [1.29, 1.82) is 0 Å². The highest BCUT2D eigenvalue weighted by Gasteiger charge is 2.17. The van der Waals surface area contributed by atoms with E-state index in [9.17, 15) is 4.79 Å². The highest BCUT2D eigenvalue weighted by atomic mass is 127. The highest BCUT2D eigenvalue weighted by molar-refractivity contribution is 14.1. The first-order chi connectivity index (χ1) is 9.63. The summed E-state index contributed by atoms with van der Waals surface area (Å²) in [6.45, 7) is 2.51. The van der Waals surface area contributed by atoms with Crippen LogP contribution in [0.2, 0.25) is 0 Å². The zero-order chi connectivity index (χ0) is 14.1. The zero-order valence-electron chi connectivity index (χ0n) is 11.6. The van der Waals surface area contributed by atoms with Gasteiger partial charge in [-0.15, -0.1) is 0 Å². The SMILES string of the molecule is Cc1cc(=O)n(Cc2ccn(C3CCCC3)n2)cc1I. The number of rotatable bonds is 3. The Kier molecular flexibility index (Phi) is 3.96. The second kappa shape index (κ2) is 5.71. The summed E-state index contributed by atoms with van der Waals surface area (Å²) in [5.74, 6) is 0. The molecule has 2 aromatic rings. The summed E-state index contributed by atoms with van der Waals surface area (Å²) < 4.78 is 4.92. The third kappa shape index (κ3) is 2.82. The summed E-state index contributed by atoms with van der Waals surface area (Å²) in [7, 11) is 0. The van der Waals surface area contributed by atoms with Crippen LogP contribution in [-0.4, -0.2) is 14.3 Å². The second-order valence-corrected chi connectivity index (χ2v) is 6.66. The topological polar surface area (TPSA) is 39.8 Å². The fourth-order valence-corrected chi connectivity index (χ4v) is 3.26. The molecule has 0 bridgehead atoms. The van der Waals surface area contributed by atoms with E-state index in [0.29, 0.717) is 12.6 Å². The van der Waals surface area contributed by atoms with Gasteiger partial charge >= 0.3 is 0 Å². The molecular weight excluding hydrogens is 365 g/mol. The van der Waals surface area contributed by atoms with Crippen LogP contribution in [0.25, 0.3) is 0 Å². The van der Waals surface area contributed by atoms with Crippen molar-refractivity contribution in [1.82, 2.24) is 14.3 Å². The molecule has 0 atom stereocenters. The highest BCUT2D eigenvalue weighted by Crippen LogP contribution is 2.28. The Morgan fingerprint density at radius 1 is 1.40 bits per heavy atom. The molecule has 0 unspecified atom stereocenters. The van der Waals surface area contributed by atoms with Crippen LogP contribution >= 0.6 is 22.6 Å². The van der Waals surface area contributed by atoms with Gasteiger partial charge in [0.15, 0.2) is 0 Å². The lowest BCUT2D eigenvalue weighted by atomic mass is 10.3. The summed E-state index contributed by atoms with van der Waals surface area (Å²) in [6.07, 6.45) is 9.01. The Bertz CT molecular complexity index is 668. The van der Waals surface area contributed by atoms with Gasteiger partial charge < -0.3 is 4.57 Å². The van der Waals surface area contributed by atoms with Gasteiger partial charge in [0.1, 0.15) is 0 Å². The van der Waals surface area contributed by atoms with Gasteiger partial charge in [0.2, 0.25) is 0 Å². The summed E-state index contributed by atoms with van der Waals surface area (Å²) in [6, 6.07) is 4.27. The van der Waals surface area contributed by atoms with Gasteiger partial charge in [0.05, 0.1) is 18.3 Å². The van der Waals surface area contributed by atoms with Crippen LogP contribution in [0.5, 0.6) is 0 Å². The summed E-state index contributed by atoms with van der Waals surface area (Å²) >= 11 is 2.26. The molecule has 4 nitrogen and oxygen atoms in total. The molecule has 1 aliphatic rings. The summed E-state index contributed by atoms with van der Waals surface area (Å²) in [4.78, 5) is 12.0. The van der Waals surface area contributed by atoms with E-state index in [2.05, 4.69) is 38.6 Å². The molecule has 0 amide bonds. The largest absolute Gasteiger partial charge is 0.308 e. The van der Waals surface area contributed by atoms with Crippen molar-refractivity contribution in [2.24, 2.45) is 0 Å². The predicted octanol–water partition coefficient (Wildman–Crippen LogP) is 3.12. The lowest BCUT2D eigenvalue weighted by Gasteiger charge is -2.09. The second-order valence-electron chi connectivity index (χ2n) is 5.50. The molecule has 1 aliphatic carbocycles. The number of aryl methyl sites for hydroxylation is 1. The van der Waals surface area contributed by atoms with Crippen LogP contribution < -0.4 is 5.56 Å². The first-order valence-corrected chi connectivity index (χ1v) is 8.12. The standard InChI is InChI=1S/C15H18IN3O/c1-11-8-15(20)18(10-14(11)16)9-12-6-7-19(17-12)13-4-2-3-5-13/h6-8,10,13H,2-5,9H2,1H3. The van der Waals surface area contributed by atoms with E-state index < -0.39 is 0 Å².